The summed E-state index contributed by atoms with van der Waals surface area (Å²) in [5.41, 5.74) is 3.99. The van der Waals surface area contributed by atoms with Crippen molar-refractivity contribution in [3.05, 3.63) is 65.2 Å². The Kier molecular flexibility index (Phi) is 6.86. The van der Waals surface area contributed by atoms with Gasteiger partial charge >= 0.3 is 0 Å². The summed E-state index contributed by atoms with van der Waals surface area (Å²) in [5.74, 6) is 1.04. The van der Waals surface area contributed by atoms with E-state index in [2.05, 4.69) is 81.5 Å². The number of hydrogen-bond donors (Lipinski definition) is 1. The Hall–Kier alpha value is -1.80. The third-order valence-electron chi connectivity index (χ3n) is 4.12. The molecule has 0 unspecified atom stereocenters. The molecule has 2 aromatic carbocycles. The molecule has 0 aliphatic heterocycles. The molecule has 0 fully saturated rings. The van der Waals surface area contributed by atoms with E-state index in [-0.39, 0.29) is 5.41 Å². The summed E-state index contributed by atoms with van der Waals surface area (Å²) in [6.45, 7) is 11.6. The van der Waals surface area contributed by atoms with E-state index >= 15 is 0 Å². The van der Waals surface area contributed by atoms with Gasteiger partial charge < -0.3 is 10.1 Å². The second-order valence-electron chi connectivity index (χ2n) is 7.47. The van der Waals surface area contributed by atoms with Gasteiger partial charge in [-0.2, -0.15) is 0 Å². The Labute approximate surface area is 147 Å². The third kappa shape index (κ3) is 6.01. The average Bonchev–Trinajstić information content (AvgIpc) is 2.54. The average molecular weight is 325 g/mol. The number of nitrogens with one attached hydrogen (secondary N) is 1. The summed E-state index contributed by atoms with van der Waals surface area (Å²) in [5, 5.41) is 3.49. The van der Waals surface area contributed by atoms with Crippen LogP contribution in [0.2, 0.25) is 0 Å². The zero-order valence-electron chi connectivity index (χ0n) is 15.6. The molecule has 0 aliphatic carbocycles. The molecule has 24 heavy (non-hydrogen) atoms. The standard InChI is InChI=1S/C22H31NO/c1-18-12-13-20(22(2,3)4)21(16-18)24-15-9-8-14-23-17-19-10-6-5-7-11-19/h5-7,10-13,16,23H,8-9,14-15,17H2,1-4H3. The van der Waals surface area contributed by atoms with Crippen molar-refractivity contribution in [3.63, 3.8) is 0 Å². The van der Waals surface area contributed by atoms with Crippen molar-refractivity contribution in [3.8, 4) is 5.75 Å². The van der Waals surface area contributed by atoms with Crippen molar-refractivity contribution < 1.29 is 4.74 Å². The van der Waals surface area contributed by atoms with Crippen LogP contribution in [0.1, 0.15) is 50.3 Å². The van der Waals surface area contributed by atoms with E-state index in [0.29, 0.717) is 0 Å². The normalized spacial score (nSPS) is 11.5. The van der Waals surface area contributed by atoms with Crippen LogP contribution in [-0.2, 0) is 12.0 Å². The van der Waals surface area contributed by atoms with E-state index in [1.807, 2.05) is 0 Å². The monoisotopic (exact) mass is 325 g/mol. The maximum absolute atomic E-state index is 6.08. The number of benzene rings is 2. The number of ether oxygens (including phenoxy) is 1. The van der Waals surface area contributed by atoms with Crippen LogP contribution >= 0.6 is 0 Å². The first-order valence-corrected chi connectivity index (χ1v) is 8.95. The van der Waals surface area contributed by atoms with Crippen molar-refractivity contribution in [2.24, 2.45) is 0 Å². The molecule has 130 valence electrons. The lowest BCUT2D eigenvalue weighted by Crippen LogP contribution is -2.16. The Balaban J connectivity index is 1.70. The van der Waals surface area contributed by atoms with Gasteiger partial charge in [-0.1, -0.05) is 63.2 Å². The molecular weight excluding hydrogens is 294 g/mol. The maximum atomic E-state index is 6.08. The number of hydrogen-bond acceptors (Lipinski definition) is 2. The van der Waals surface area contributed by atoms with Gasteiger partial charge in [0.1, 0.15) is 5.75 Å². The van der Waals surface area contributed by atoms with Crippen LogP contribution in [0.25, 0.3) is 0 Å². The summed E-state index contributed by atoms with van der Waals surface area (Å²) in [6.07, 6.45) is 2.20. The summed E-state index contributed by atoms with van der Waals surface area (Å²) in [4.78, 5) is 0. The molecule has 0 atom stereocenters. The Morgan fingerprint density at radius 1 is 0.958 bits per heavy atom. The molecular formula is C22H31NO. The third-order valence-corrected chi connectivity index (χ3v) is 4.12. The highest BCUT2D eigenvalue weighted by molar-refractivity contribution is 5.41. The van der Waals surface area contributed by atoms with Gasteiger partial charge in [-0.15, -0.1) is 0 Å². The van der Waals surface area contributed by atoms with Crippen LogP contribution in [0, 0.1) is 6.92 Å². The molecule has 2 heteroatoms. The minimum atomic E-state index is 0.111. The lowest BCUT2D eigenvalue weighted by atomic mass is 9.86. The number of aryl methyl sites for hydroxylation is 1. The van der Waals surface area contributed by atoms with Gasteiger partial charge in [-0.3, -0.25) is 0 Å². The van der Waals surface area contributed by atoms with Gasteiger partial charge in [0, 0.05) is 6.54 Å². The summed E-state index contributed by atoms with van der Waals surface area (Å²) in [6, 6.07) is 17.1. The molecule has 0 aromatic heterocycles. The smallest absolute Gasteiger partial charge is 0.123 e. The minimum Gasteiger partial charge on any atom is -0.493 e. The number of rotatable bonds is 8. The first-order valence-electron chi connectivity index (χ1n) is 8.95. The zero-order chi connectivity index (χ0) is 17.4. The van der Waals surface area contributed by atoms with Crippen molar-refractivity contribution in [1.29, 1.82) is 0 Å². The maximum Gasteiger partial charge on any atom is 0.123 e. The van der Waals surface area contributed by atoms with Gasteiger partial charge in [0.15, 0.2) is 0 Å². The first-order chi connectivity index (χ1) is 11.5. The Morgan fingerprint density at radius 2 is 1.71 bits per heavy atom. The topological polar surface area (TPSA) is 21.3 Å². The van der Waals surface area contributed by atoms with Gasteiger partial charge in [-0.25, -0.2) is 0 Å². The quantitative estimate of drug-likeness (QED) is 0.670. The molecule has 0 radical (unpaired) electrons. The van der Waals surface area contributed by atoms with Crippen LogP contribution in [-0.4, -0.2) is 13.2 Å². The summed E-state index contributed by atoms with van der Waals surface area (Å²) >= 11 is 0. The van der Waals surface area contributed by atoms with Crippen LogP contribution in [0.5, 0.6) is 5.75 Å². The SMILES string of the molecule is Cc1ccc(C(C)(C)C)c(OCCCCNCc2ccccc2)c1. The van der Waals surface area contributed by atoms with E-state index in [0.717, 1.165) is 38.3 Å². The fourth-order valence-corrected chi connectivity index (χ4v) is 2.73. The van der Waals surface area contributed by atoms with Crippen molar-refractivity contribution in [1.82, 2.24) is 5.32 Å². The van der Waals surface area contributed by atoms with Crippen LogP contribution in [0.4, 0.5) is 0 Å². The molecule has 0 spiro atoms. The molecule has 0 aliphatic rings. The van der Waals surface area contributed by atoms with Gasteiger partial charge in [-0.05, 0) is 54.5 Å². The second kappa shape index (κ2) is 8.89. The summed E-state index contributed by atoms with van der Waals surface area (Å²) in [7, 11) is 0. The van der Waals surface area contributed by atoms with Gasteiger partial charge in [0.2, 0.25) is 0 Å². The van der Waals surface area contributed by atoms with Crippen LogP contribution < -0.4 is 10.1 Å². The predicted molar refractivity (Wildman–Crippen MR) is 103 cm³/mol. The van der Waals surface area contributed by atoms with E-state index < -0.39 is 0 Å². The minimum absolute atomic E-state index is 0.111. The fraction of sp³-hybridized carbons (Fsp3) is 0.455. The van der Waals surface area contributed by atoms with Crippen LogP contribution in [0.3, 0.4) is 0 Å². The molecule has 2 aromatic rings. The van der Waals surface area contributed by atoms with Crippen LogP contribution in [0.15, 0.2) is 48.5 Å². The highest BCUT2D eigenvalue weighted by Crippen LogP contribution is 2.32. The van der Waals surface area contributed by atoms with Crippen molar-refractivity contribution in [2.75, 3.05) is 13.2 Å². The van der Waals surface area contributed by atoms with E-state index in [1.54, 1.807) is 0 Å². The highest BCUT2D eigenvalue weighted by atomic mass is 16.5. The number of unbranched alkanes of at least 4 members (excludes halogenated alkanes) is 1. The largest absolute Gasteiger partial charge is 0.493 e. The van der Waals surface area contributed by atoms with Crippen molar-refractivity contribution >= 4 is 0 Å². The summed E-state index contributed by atoms with van der Waals surface area (Å²) < 4.78 is 6.08. The fourth-order valence-electron chi connectivity index (χ4n) is 2.73. The molecule has 0 saturated carbocycles. The molecule has 1 N–H and O–H groups in total. The van der Waals surface area contributed by atoms with Crippen molar-refractivity contribution in [2.45, 2.75) is 52.5 Å². The second-order valence-corrected chi connectivity index (χ2v) is 7.47. The first kappa shape index (κ1) is 18.5. The van der Waals surface area contributed by atoms with E-state index in [1.165, 1.54) is 16.7 Å². The Bertz CT molecular complexity index is 614. The van der Waals surface area contributed by atoms with E-state index in [9.17, 15) is 0 Å². The van der Waals surface area contributed by atoms with Gasteiger partial charge in [0.05, 0.1) is 6.61 Å². The molecule has 0 heterocycles. The molecule has 2 nitrogen and oxygen atoms in total. The molecule has 0 bridgehead atoms. The molecule has 0 amide bonds. The van der Waals surface area contributed by atoms with Gasteiger partial charge in [0.25, 0.3) is 0 Å². The molecule has 2 rings (SSSR count). The highest BCUT2D eigenvalue weighted by Gasteiger charge is 2.18. The Morgan fingerprint density at radius 3 is 2.42 bits per heavy atom. The molecule has 0 saturated heterocycles. The zero-order valence-corrected chi connectivity index (χ0v) is 15.6. The lowest BCUT2D eigenvalue weighted by molar-refractivity contribution is 0.297. The lowest BCUT2D eigenvalue weighted by Gasteiger charge is -2.23. The predicted octanol–water partition coefficient (Wildman–Crippen LogP) is 5.24. The van der Waals surface area contributed by atoms with E-state index in [4.69, 9.17) is 4.74 Å².